The Hall–Kier alpha value is -2.58. The van der Waals surface area contributed by atoms with Crippen molar-refractivity contribution >= 4 is 13.8 Å². The molecule has 0 spiro atoms. The molecule has 338 valence electrons. The molecule has 0 aliphatic carbocycles. The molecule has 2 unspecified atom stereocenters. The number of quaternary nitrogens is 1. The van der Waals surface area contributed by atoms with Crippen LogP contribution in [0.3, 0.4) is 0 Å². The van der Waals surface area contributed by atoms with Gasteiger partial charge in [-0.2, -0.15) is 0 Å². The monoisotopic (exact) mass is 845 g/mol. The van der Waals surface area contributed by atoms with E-state index in [0.717, 1.165) is 96.3 Å². The van der Waals surface area contributed by atoms with Crippen LogP contribution in [0.25, 0.3) is 0 Å². The van der Waals surface area contributed by atoms with Crippen molar-refractivity contribution in [2.75, 3.05) is 54.1 Å². The fourth-order valence-electron chi connectivity index (χ4n) is 5.58. The van der Waals surface area contributed by atoms with Gasteiger partial charge in [-0.1, -0.05) is 150 Å². The smallest absolute Gasteiger partial charge is 0.457 e. The number of phosphoric acid groups is 1. The van der Waals surface area contributed by atoms with Crippen LogP contribution in [0.4, 0.5) is 0 Å². The Balaban J connectivity index is 4.35. The zero-order valence-corrected chi connectivity index (χ0v) is 39.1. The molecule has 2 atom stereocenters. The number of carbonyl (C=O) groups excluding carboxylic acids is 1. The lowest BCUT2D eigenvalue weighted by Gasteiger charge is -2.24. The molecule has 0 aromatic carbocycles. The Bertz CT molecular complexity index is 1260. The Morgan fingerprint density at radius 3 is 1.47 bits per heavy atom. The highest BCUT2D eigenvalue weighted by molar-refractivity contribution is 7.47. The van der Waals surface area contributed by atoms with Gasteiger partial charge in [0.15, 0.2) is 0 Å². The molecule has 0 aliphatic rings. The minimum Gasteiger partial charge on any atom is -0.457 e. The first-order valence-corrected chi connectivity index (χ1v) is 24.5. The number of unbranched alkanes of at least 4 members (excludes halogenated alkanes) is 11. The summed E-state index contributed by atoms with van der Waals surface area (Å²) in [6.45, 7) is 5.32. The molecular weight excluding hydrogens is 758 g/mol. The Morgan fingerprint density at radius 2 is 0.983 bits per heavy atom. The molecule has 0 amide bonds. The van der Waals surface area contributed by atoms with Crippen molar-refractivity contribution in [1.82, 2.24) is 0 Å². The van der Waals surface area contributed by atoms with Crippen LogP contribution in [0.1, 0.15) is 155 Å². The molecular formula is C50H87NO7P+. The standard InChI is InChI=1S/C50H86NO7P/c1-6-8-10-12-14-16-18-20-22-24-26-27-29-31-33-35-37-39-41-43-50(52)58-49(48-57-59(53,54)56-46-44-51(3,4)5)47-55-45-42-40-38-36-34-32-30-28-25-23-21-19-17-15-13-11-9-7-2/h9,11,14-17,20-23,26-28,30,34,36,49H,6-8,10,12-13,18-19,24-25,29,31-33,35,37-48H2,1-5H3/p+1/b11-9-,16-14-,17-15-,22-20-,23-21-,27-26-,30-28-,36-34-. The maximum Gasteiger partial charge on any atom is 0.472 e. The van der Waals surface area contributed by atoms with E-state index in [1.807, 2.05) is 21.1 Å². The average molecular weight is 845 g/mol. The Kier molecular flexibility index (Phi) is 40.3. The largest absolute Gasteiger partial charge is 0.472 e. The van der Waals surface area contributed by atoms with Gasteiger partial charge in [0, 0.05) is 13.0 Å². The molecule has 0 aliphatic heterocycles. The molecule has 0 aromatic rings. The highest BCUT2D eigenvalue weighted by atomic mass is 31.2. The molecule has 0 radical (unpaired) electrons. The summed E-state index contributed by atoms with van der Waals surface area (Å²) in [5.74, 6) is -0.346. The molecule has 0 saturated carbocycles. The molecule has 0 aromatic heterocycles. The van der Waals surface area contributed by atoms with Crippen molar-refractivity contribution in [3.8, 4) is 0 Å². The maximum atomic E-state index is 12.7. The minimum atomic E-state index is -4.30. The van der Waals surface area contributed by atoms with Crippen LogP contribution in [0.5, 0.6) is 0 Å². The van der Waals surface area contributed by atoms with E-state index in [0.29, 0.717) is 24.1 Å². The molecule has 0 rings (SSSR count). The van der Waals surface area contributed by atoms with Gasteiger partial charge in [-0.25, -0.2) is 4.57 Å². The zero-order chi connectivity index (χ0) is 43.4. The Morgan fingerprint density at radius 1 is 0.542 bits per heavy atom. The third-order valence-corrected chi connectivity index (χ3v) is 10.1. The molecule has 8 nitrogen and oxygen atoms in total. The van der Waals surface area contributed by atoms with E-state index < -0.39 is 13.9 Å². The molecule has 59 heavy (non-hydrogen) atoms. The lowest BCUT2D eigenvalue weighted by molar-refractivity contribution is -0.870. The van der Waals surface area contributed by atoms with E-state index >= 15 is 0 Å². The summed E-state index contributed by atoms with van der Waals surface area (Å²) in [7, 11) is 1.61. The molecule has 9 heteroatoms. The van der Waals surface area contributed by atoms with E-state index in [1.165, 1.54) is 38.5 Å². The SMILES string of the molecule is CC/C=C\C/C=C\C/C=C\C/C=C\C/C=C\CCCCOCC(COP(=O)(O)OCC[N+](C)(C)C)OC(=O)CCCCCCCC/C=C\C/C=C\C/C=C\CCCCC. The number of likely N-dealkylation sites (N-methyl/N-ethyl adjacent to an activating group) is 1. The summed E-state index contributed by atoms with van der Waals surface area (Å²) < 4.78 is 35.0. The van der Waals surface area contributed by atoms with Gasteiger partial charge >= 0.3 is 13.8 Å². The number of hydrogen-bond acceptors (Lipinski definition) is 6. The van der Waals surface area contributed by atoms with Gasteiger partial charge < -0.3 is 18.9 Å². The molecule has 0 heterocycles. The number of carbonyl (C=O) groups is 1. The second kappa shape index (κ2) is 42.1. The van der Waals surface area contributed by atoms with Crippen molar-refractivity contribution in [2.24, 2.45) is 0 Å². The number of phosphoric ester groups is 1. The van der Waals surface area contributed by atoms with Gasteiger partial charge in [0.25, 0.3) is 0 Å². The maximum absolute atomic E-state index is 12.7. The predicted octanol–water partition coefficient (Wildman–Crippen LogP) is 13.8. The van der Waals surface area contributed by atoms with Crippen LogP contribution in [0, 0.1) is 0 Å². The number of ether oxygens (including phenoxy) is 2. The number of nitrogens with zero attached hydrogens (tertiary/aromatic N) is 1. The lowest BCUT2D eigenvalue weighted by Crippen LogP contribution is -2.37. The van der Waals surface area contributed by atoms with Gasteiger partial charge in [0.05, 0.1) is 34.4 Å². The third kappa shape index (κ3) is 46.3. The fourth-order valence-corrected chi connectivity index (χ4v) is 6.33. The van der Waals surface area contributed by atoms with Crippen molar-refractivity contribution in [3.05, 3.63) is 97.2 Å². The van der Waals surface area contributed by atoms with Crippen molar-refractivity contribution in [2.45, 2.75) is 161 Å². The number of allylic oxidation sites excluding steroid dienone is 16. The van der Waals surface area contributed by atoms with Gasteiger partial charge in [-0.15, -0.1) is 0 Å². The van der Waals surface area contributed by atoms with Crippen LogP contribution in [-0.4, -0.2) is 75.6 Å². The molecule has 1 N–H and O–H groups in total. The quantitative estimate of drug-likeness (QED) is 0.0215. The van der Waals surface area contributed by atoms with Crippen LogP contribution >= 0.6 is 7.82 Å². The lowest BCUT2D eigenvalue weighted by atomic mass is 10.1. The summed E-state index contributed by atoms with van der Waals surface area (Å²) in [5.41, 5.74) is 0. The summed E-state index contributed by atoms with van der Waals surface area (Å²) in [5, 5.41) is 0. The normalized spacial score (nSPS) is 14.6. The van der Waals surface area contributed by atoms with Crippen molar-refractivity contribution in [1.29, 1.82) is 0 Å². The highest BCUT2D eigenvalue weighted by Gasteiger charge is 2.26. The van der Waals surface area contributed by atoms with Crippen LogP contribution in [-0.2, 0) is 27.9 Å². The van der Waals surface area contributed by atoms with Crippen LogP contribution in [0.15, 0.2) is 97.2 Å². The second-order valence-corrected chi connectivity index (χ2v) is 17.5. The number of rotatable bonds is 41. The first-order chi connectivity index (χ1) is 28.6. The van der Waals surface area contributed by atoms with Gasteiger partial charge in [-0.3, -0.25) is 13.8 Å². The first kappa shape index (κ1) is 56.4. The summed E-state index contributed by atoms with van der Waals surface area (Å²) in [6.07, 6.45) is 57.3. The topological polar surface area (TPSA) is 91.3 Å². The van der Waals surface area contributed by atoms with Gasteiger partial charge in [0.1, 0.15) is 19.3 Å². The minimum absolute atomic E-state index is 0.0714. The first-order valence-electron chi connectivity index (χ1n) is 23.0. The van der Waals surface area contributed by atoms with E-state index in [9.17, 15) is 14.3 Å². The van der Waals surface area contributed by atoms with E-state index in [2.05, 4.69) is 111 Å². The molecule has 0 saturated heterocycles. The van der Waals surface area contributed by atoms with Crippen molar-refractivity contribution in [3.63, 3.8) is 0 Å². The number of esters is 1. The zero-order valence-electron chi connectivity index (χ0n) is 38.2. The number of hydrogen-bond donors (Lipinski definition) is 1. The fraction of sp³-hybridized carbons (Fsp3) is 0.660. The van der Waals surface area contributed by atoms with Gasteiger partial charge in [0.2, 0.25) is 0 Å². The van der Waals surface area contributed by atoms with Crippen molar-refractivity contribution < 1.29 is 37.3 Å². The van der Waals surface area contributed by atoms with E-state index in [-0.39, 0.29) is 25.8 Å². The average Bonchev–Trinajstić information content (AvgIpc) is 3.19. The van der Waals surface area contributed by atoms with Crippen LogP contribution in [0.2, 0.25) is 0 Å². The van der Waals surface area contributed by atoms with E-state index in [4.69, 9.17) is 18.5 Å². The molecule has 0 fully saturated rings. The Labute approximate surface area is 362 Å². The van der Waals surface area contributed by atoms with E-state index in [1.54, 1.807) is 0 Å². The third-order valence-electron chi connectivity index (χ3n) is 9.13. The van der Waals surface area contributed by atoms with Gasteiger partial charge in [-0.05, 0) is 96.3 Å². The predicted molar refractivity (Wildman–Crippen MR) is 251 cm³/mol. The van der Waals surface area contributed by atoms with Crippen LogP contribution < -0.4 is 0 Å². The summed E-state index contributed by atoms with van der Waals surface area (Å²) in [6, 6.07) is 0. The summed E-state index contributed by atoms with van der Waals surface area (Å²) >= 11 is 0. The summed E-state index contributed by atoms with van der Waals surface area (Å²) in [4.78, 5) is 22.9. The highest BCUT2D eigenvalue weighted by Crippen LogP contribution is 2.43. The second-order valence-electron chi connectivity index (χ2n) is 16.0. The molecule has 0 bridgehead atoms.